The van der Waals surface area contributed by atoms with Crippen molar-refractivity contribution in [1.82, 2.24) is 0 Å². The number of halogens is 1. The maximum atomic E-state index is 10.3. The minimum atomic E-state index is -0.753. The predicted molar refractivity (Wildman–Crippen MR) is 54.8 cm³/mol. The first-order valence-corrected chi connectivity index (χ1v) is 4.85. The van der Waals surface area contributed by atoms with Gasteiger partial charge in [0.25, 0.3) is 0 Å². The molecular weight excluding hydrogens is 232 g/mol. The molecule has 0 bridgehead atoms. The molecule has 0 aromatic heterocycles. The molecule has 1 aromatic carbocycles. The highest BCUT2D eigenvalue weighted by Crippen LogP contribution is 2.18. The van der Waals surface area contributed by atoms with Crippen LogP contribution < -0.4 is 0 Å². The van der Waals surface area contributed by atoms with Crippen molar-refractivity contribution < 1.29 is 9.90 Å². The van der Waals surface area contributed by atoms with Crippen molar-refractivity contribution in [2.75, 3.05) is 0 Å². The van der Waals surface area contributed by atoms with Gasteiger partial charge in [-0.3, -0.25) is 4.79 Å². The molecule has 0 aliphatic heterocycles. The second kappa shape index (κ2) is 4.42. The molecule has 0 unspecified atom stereocenters. The normalized spacial score (nSPS) is 10.0. The monoisotopic (exact) mass is 242 g/mol. The first-order valence-electron chi connectivity index (χ1n) is 4.06. The third kappa shape index (κ3) is 3.19. The van der Waals surface area contributed by atoms with E-state index < -0.39 is 5.97 Å². The molecular formula is C10H11BrO2. The Labute approximate surface area is 85.7 Å². The van der Waals surface area contributed by atoms with Crippen LogP contribution in [0.25, 0.3) is 0 Å². The molecule has 0 saturated heterocycles. The first-order chi connectivity index (χ1) is 6.09. The number of carboxylic acids is 1. The van der Waals surface area contributed by atoms with Crippen LogP contribution in [0, 0.1) is 6.92 Å². The fraction of sp³-hybridized carbons (Fsp3) is 0.300. The van der Waals surface area contributed by atoms with E-state index in [1.54, 1.807) is 0 Å². The molecule has 0 spiro atoms. The molecule has 1 aromatic rings. The molecule has 3 heteroatoms. The summed E-state index contributed by atoms with van der Waals surface area (Å²) in [6, 6.07) is 5.92. The Bertz CT molecular complexity index is 321. The molecule has 0 aliphatic rings. The Morgan fingerprint density at radius 3 is 2.77 bits per heavy atom. The lowest BCUT2D eigenvalue weighted by Crippen LogP contribution is -1.97. The molecule has 0 aliphatic carbocycles. The zero-order chi connectivity index (χ0) is 9.84. The number of aliphatic carboxylic acids is 1. The van der Waals surface area contributed by atoms with Crippen LogP contribution in [0.3, 0.4) is 0 Å². The van der Waals surface area contributed by atoms with Crippen molar-refractivity contribution in [3.8, 4) is 0 Å². The van der Waals surface area contributed by atoms with Crippen LogP contribution in [0.15, 0.2) is 22.7 Å². The quantitative estimate of drug-likeness (QED) is 0.886. The van der Waals surface area contributed by atoms with Crippen LogP contribution in [-0.2, 0) is 11.2 Å². The minimum absolute atomic E-state index is 0.190. The highest BCUT2D eigenvalue weighted by atomic mass is 79.9. The molecule has 0 fully saturated rings. The number of carboxylic acid groups (broad SMARTS) is 1. The molecule has 0 radical (unpaired) electrons. The summed E-state index contributed by atoms with van der Waals surface area (Å²) < 4.78 is 1.04. The zero-order valence-electron chi connectivity index (χ0n) is 7.38. The number of hydrogen-bond donors (Lipinski definition) is 1. The smallest absolute Gasteiger partial charge is 0.303 e. The average molecular weight is 243 g/mol. The van der Waals surface area contributed by atoms with Crippen molar-refractivity contribution in [1.29, 1.82) is 0 Å². The van der Waals surface area contributed by atoms with E-state index in [9.17, 15) is 4.79 Å². The van der Waals surface area contributed by atoms with Crippen LogP contribution in [0.4, 0.5) is 0 Å². The van der Waals surface area contributed by atoms with Gasteiger partial charge in [0.1, 0.15) is 0 Å². The molecule has 1 rings (SSSR count). The van der Waals surface area contributed by atoms with E-state index in [1.165, 1.54) is 5.56 Å². The summed E-state index contributed by atoms with van der Waals surface area (Å²) in [5.41, 5.74) is 2.22. The molecule has 2 nitrogen and oxygen atoms in total. The van der Waals surface area contributed by atoms with E-state index in [1.807, 2.05) is 25.1 Å². The lowest BCUT2D eigenvalue weighted by Gasteiger charge is -2.01. The SMILES string of the molecule is Cc1ccc(CCC(=O)O)cc1Br. The fourth-order valence-corrected chi connectivity index (χ4v) is 1.47. The van der Waals surface area contributed by atoms with E-state index in [2.05, 4.69) is 15.9 Å². The van der Waals surface area contributed by atoms with Crippen molar-refractivity contribution in [2.45, 2.75) is 19.8 Å². The Morgan fingerprint density at radius 2 is 2.23 bits per heavy atom. The molecule has 0 atom stereocenters. The second-order valence-corrected chi connectivity index (χ2v) is 3.83. The van der Waals surface area contributed by atoms with Gasteiger partial charge in [0.15, 0.2) is 0 Å². The number of aryl methyl sites for hydroxylation is 2. The predicted octanol–water partition coefficient (Wildman–Crippen LogP) is 2.77. The summed E-state index contributed by atoms with van der Waals surface area (Å²) in [6.45, 7) is 2.01. The van der Waals surface area contributed by atoms with E-state index in [4.69, 9.17) is 5.11 Å². The molecule has 13 heavy (non-hydrogen) atoms. The van der Waals surface area contributed by atoms with Gasteiger partial charge in [-0.05, 0) is 30.5 Å². The van der Waals surface area contributed by atoms with Gasteiger partial charge in [0.05, 0.1) is 0 Å². The van der Waals surface area contributed by atoms with E-state index in [0.29, 0.717) is 6.42 Å². The van der Waals surface area contributed by atoms with Gasteiger partial charge < -0.3 is 5.11 Å². The number of carbonyl (C=O) groups is 1. The van der Waals surface area contributed by atoms with Crippen LogP contribution in [0.5, 0.6) is 0 Å². The van der Waals surface area contributed by atoms with Crippen molar-refractivity contribution in [3.05, 3.63) is 33.8 Å². The summed E-state index contributed by atoms with van der Waals surface area (Å²) in [6.07, 6.45) is 0.781. The van der Waals surface area contributed by atoms with Crippen molar-refractivity contribution in [2.24, 2.45) is 0 Å². The van der Waals surface area contributed by atoms with Gasteiger partial charge in [0.2, 0.25) is 0 Å². The van der Waals surface area contributed by atoms with Crippen LogP contribution >= 0.6 is 15.9 Å². The number of benzene rings is 1. The molecule has 1 N–H and O–H groups in total. The summed E-state index contributed by atoms with van der Waals surface area (Å²) in [7, 11) is 0. The maximum Gasteiger partial charge on any atom is 0.303 e. The van der Waals surface area contributed by atoms with Gasteiger partial charge in [-0.1, -0.05) is 28.1 Å². The second-order valence-electron chi connectivity index (χ2n) is 2.98. The van der Waals surface area contributed by atoms with Gasteiger partial charge >= 0.3 is 5.97 Å². The third-order valence-corrected chi connectivity index (χ3v) is 2.72. The number of rotatable bonds is 3. The first kappa shape index (κ1) is 10.3. The molecule has 0 saturated carbocycles. The van der Waals surface area contributed by atoms with Gasteiger partial charge in [-0.15, -0.1) is 0 Å². The largest absolute Gasteiger partial charge is 0.481 e. The summed E-state index contributed by atoms with van der Waals surface area (Å²) in [4.78, 5) is 10.3. The van der Waals surface area contributed by atoms with Gasteiger partial charge in [-0.25, -0.2) is 0 Å². The van der Waals surface area contributed by atoms with Crippen LogP contribution in [0.2, 0.25) is 0 Å². The number of hydrogen-bond acceptors (Lipinski definition) is 1. The minimum Gasteiger partial charge on any atom is -0.481 e. The van der Waals surface area contributed by atoms with E-state index >= 15 is 0 Å². The summed E-state index contributed by atoms with van der Waals surface area (Å²) >= 11 is 3.41. The molecule has 0 amide bonds. The third-order valence-electron chi connectivity index (χ3n) is 1.86. The highest BCUT2D eigenvalue weighted by Gasteiger charge is 2.00. The van der Waals surface area contributed by atoms with Gasteiger partial charge in [-0.2, -0.15) is 0 Å². The maximum absolute atomic E-state index is 10.3. The van der Waals surface area contributed by atoms with Crippen LogP contribution in [0.1, 0.15) is 17.5 Å². The lowest BCUT2D eigenvalue weighted by molar-refractivity contribution is -0.136. The molecule has 70 valence electrons. The van der Waals surface area contributed by atoms with E-state index in [-0.39, 0.29) is 6.42 Å². The highest BCUT2D eigenvalue weighted by molar-refractivity contribution is 9.10. The average Bonchev–Trinajstić information content (AvgIpc) is 2.07. The lowest BCUT2D eigenvalue weighted by atomic mass is 10.1. The van der Waals surface area contributed by atoms with E-state index in [0.717, 1.165) is 10.0 Å². The fourth-order valence-electron chi connectivity index (χ4n) is 1.04. The Kier molecular flexibility index (Phi) is 3.48. The van der Waals surface area contributed by atoms with Gasteiger partial charge in [0, 0.05) is 10.9 Å². The van der Waals surface area contributed by atoms with Crippen molar-refractivity contribution in [3.63, 3.8) is 0 Å². The molecule has 0 heterocycles. The van der Waals surface area contributed by atoms with Crippen molar-refractivity contribution >= 4 is 21.9 Å². The standard InChI is InChI=1S/C10H11BrO2/c1-7-2-3-8(6-9(7)11)4-5-10(12)13/h2-3,6H,4-5H2,1H3,(H,12,13). The van der Waals surface area contributed by atoms with Crippen LogP contribution in [-0.4, -0.2) is 11.1 Å². The Hall–Kier alpha value is -0.830. The Morgan fingerprint density at radius 1 is 1.54 bits per heavy atom. The Balaban J connectivity index is 2.68. The summed E-state index contributed by atoms with van der Waals surface area (Å²) in [5.74, 6) is -0.753. The zero-order valence-corrected chi connectivity index (χ0v) is 8.97. The topological polar surface area (TPSA) is 37.3 Å². The summed E-state index contributed by atoms with van der Waals surface area (Å²) in [5, 5.41) is 8.49.